The van der Waals surface area contributed by atoms with Gasteiger partial charge in [0.2, 0.25) is 0 Å². The number of amides is 2. The highest BCUT2D eigenvalue weighted by molar-refractivity contribution is 6.35. The smallest absolute Gasteiger partial charge is 0.407 e. The van der Waals surface area contributed by atoms with Crippen LogP contribution in [0.1, 0.15) is 24.8 Å². The summed E-state index contributed by atoms with van der Waals surface area (Å²) in [5.41, 5.74) is 0.880. The van der Waals surface area contributed by atoms with Crippen LogP contribution in [0.4, 0.5) is 4.79 Å². The lowest BCUT2D eigenvalue weighted by Gasteiger charge is -2.15. The fourth-order valence-corrected chi connectivity index (χ4v) is 3.13. The number of ether oxygens (including phenoxy) is 2. The molecule has 3 N–H and O–H groups in total. The number of unbranched alkanes of at least 4 members (excludes halogenated alkanes) is 1. The maximum atomic E-state index is 12.0. The van der Waals surface area contributed by atoms with Crippen LogP contribution in [0, 0.1) is 0 Å². The Morgan fingerprint density at radius 3 is 2.47 bits per heavy atom. The molecule has 0 heterocycles. The lowest BCUT2D eigenvalue weighted by molar-refractivity contribution is -0.142. The highest BCUT2D eigenvalue weighted by atomic mass is 35.5. The zero-order chi connectivity index (χ0) is 23.3. The maximum absolute atomic E-state index is 12.0. The summed E-state index contributed by atoms with van der Waals surface area (Å²) in [6.07, 6.45) is 0.649. The Hall–Kier alpha value is -2.97. The second-order valence-corrected chi connectivity index (χ2v) is 7.65. The fraction of sp³-hybridized carbons (Fsp3) is 0.318. The molecule has 0 radical (unpaired) electrons. The quantitative estimate of drug-likeness (QED) is 0.393. The van der Waals surface area contributed by atoms with Gasteiger partial charge < -0.3 is 25.2 Å². The number of aliphatic carboxylic acids is 1. The predicted molar refractivity (Wildman–Crippen MR) is 120 cm³/mol. The van der Waals surface area contributed by atoms with E-state index in [-0.39, 0.29) is 30.4 Å². The zero-order valence-corrected chi connectivity index (χ0v) is 18.7. The van der Waals surface area contributed by atoms with E-state index in [4.69, 9.17) is 32.7 Å². The number of carbonyl (C=O) groups is 3. The summed E-state index contributed by atoms with van der Waals surface area (Å²) in [7, 11) is 0. The van der Waals surface area contributed by atoms with Gasteiger partial charge in [-0.3, -0.25) is 4.79 Å². The van der Waals surface area contributed by atoms with Crippen molar-refractivity contribution in [3.05, 3.63) is 64.1 Å². The Balaban J connectivity index is 1.63. The normalized spacial score (nSPS) is 11.3. The van der Waals surface area contributed by atoms with Crippen LogP contribution < -0.4 is 15.4 Å². The van der Waals surface area contributed by atoms with E-state index in [0.29, 0.717) is 24.4 Å². The van der Waals surface area contributed by atoms with Crippen LogP contribution in [0.15, 0.2) is 48.5 Å². The zero-order valence-electron chi connectivity index (χ0n) is 17.2. The molecule has 0 aromatic heterocycles. The molecule has 2 aromatic carbocycles. The van der Waals surface area contributed by atoms with Gasteiger partial charge in [0.1, 0.15) is 18.4 Å². The second-order valence-electron chi connectivity index (χ2n) is 6.81. The Bertz CT molecular complexity index is 911. The van der Waals surface area contributed by atoms with Crippen LogP contribution in [0.5, 0.6) is 5.75 Å². The summed E-state index contributed by atoms with van der Waals surface area (Å²) in [5.74, 6) is -1.48. The molecule has 32 heavy (non-hydrogen) atoms. The van der Waals surface area contributed by atoms with Crippen molar-refractivity contribution in [1.82, 2.24) is 10.6 Å². The standard InChI is InChI=1S/C22H24Cl2N2O6/c23-16-9-10-19(17(24)12-16)31-14-20(27)26-18(21(28)29)8-4-5-11-25-22(30)32-13-15-6-2-1-3-7-15/h1-3,6-7,9-10,12,18H,4-5,8,11,13-14H2,(H,25,30)(H,26,27)(H,28,29)/t18-/m1/s1. The van der Waals surface area contributed by atoms with Crippen LogP contribution in [-0.2, 0) is 20.9 Å². The summed E-state index contributed by atoms with van der Waals surface area (Å²) >= 11 is 11.8. The molecule has 2 amide bonds. The minimum absolute atomic E-state index is 0.170. The molecule has 2 aromatic rings. The fourth-order valence-electron chi connectivity index (χ4n) is 2.67. The number of halogens is 2. The van der Waals surface area contributed by atoms with Gasteiger partial charge in [0.15, 0.2) is 6.61 Å². The van der Waals surface area contributed by atoms with Crippen LogP contribution in [0.3, 0.4) is 0 Å². The van der Waals surface area contributed by atoms with Crippen molar-refractivity contribution < 1.29 is 29.0 Å². The van der Waals surface area contributed by atoms with E-state index in [2.05, 4.69) is 10.6 Å². The van der Waals surface area contributed by atoms with Gasteiger partial charge in [-0.15, -0.1) is 0 Å². The molecule has 0 bridgehead atoms. The average molecular weight is 483 g/mol. The van der Waals surface area contributed by atoms with E-state index in [1.165, 1.54) is 12.1 Å². The number of benzene rings is 2. The first-order valence-corrected chi connectivity index (χ1v) is 10.7. The van der Waals surface area contributed by atoms with Crippen molar-refractivity contribution in [1.29, 1.82) is 0 Å². The first kappa shape index (κ1) is 25.3. The van der Waals surface area contributed by atoms with E-state index >= 15 is 0 Å². The van der Waals surface area contributed by atoms with Crippen LogP contribution >= 0.6 is 23.2 Å². The second kappa shape index (κ2) is 13.4. The molecule has 0 unspecified atom stereocenters. The van der Waals surface area contributed by atoms with Crippen molar-refractivity contribution in [2.45, 2.75) is 31.9 Å². The van der Waals surface area contributed by atoms with Crippen molar-refractivity contribution in [3.63, 3.8) is 0 Å². The molecular formula is C22H24Cl2N2O6. The van der Waals surface area contributed by atoms with E-state index in [0.717, 1.165) is 5.56 Å². The van der Waals surface area contributed by atoms with Gasteiger partial charge in [0.25, 0.3) is 5.91 Å². The third kappa shape index (κ3) is 9.45. The SMILES string of the molecule is O=C(COc1ccc(Cl)cc1Cl)N[C@H](CCCCNC(=O)OCc1ccccc1)C(=O)O. The minimum Gasteiger partial charge on any atom is -0.482 e. The largest absolute Gasteiger partial charge is 0.482 e. The van der Waals surface area contributed by atoms with Crippen molar-refractivity contribution in [2.75, 3.05) is 13.2 Å². The number of carbonyl (C=O) groups excluding carboxylic acids is 2. The maximum Gasteiger partial charge on any atom is 0.407 e. The number of hydrogen-bond acceptors (Lipinski definition) is 5. The molecule has 8 nitrogen and oxygen atoms in total. The molecule has 0 fully saturated rings. The summed E-state index contributed by atoms with van der Waals surface area (Å²) < 4.78 is 10.4. The van der Waals surface area contributed by atoms with Crippen LogP contribution in [0.2, 0.25) is 10.0 Å². The molecule has 0 aliphatic heterocycles. The van der Waals surface area contributed by atoms with Crippen molar-refractivity contribution >= 4 is 41.2 Å². The van der Waals surface area contributed by atoms with Crippen molar-refractivity contribution in [2.24, 2.45) is 0 Å². The topological polar surface area (TPSA) is 114 Å². The molecule has 0 saturated carbocycles. The highest BCUT2D eigenvalue weighted by Gasteiger charge is 2.20. The van der Waals surface area contributed by atoms with Gasteiger partial charge in [-0.25, -0.2) is 9.59 Å². The first-order valence-electron chi connectivity index (χ1n) is 9.89. The Morgan fingerprint density at radius 1 is 1.03 bits per heavy atom. The van der Waals surface area contributed by atoms with Gasteiger partial charge >= 0.3 is 12.1 Å². The number of nitrogens with one attached hydrogen (secondary N) is 2. The Kier molecular flexibility index (Phi) is 10.6. The lowest BCUT2D eigenvalue weighted by Crippen LogP contribution is -2.43. The van der Waals surface area contributed by atoms with E-state index < -0.39 is 24.0 Å². The Labute approximate surface area is 195 Å². The number of rotatable bonds is 12. The van der Waals surface area contributed by atoms with Crippen molar-refractivity contribution in [3.8, 4) is 5.75 Å². The third-order valence-electron chi connectivity index (χ3n) is 4.29. The van der Waals surface area contributed by atoms with Gasteiger partial charge in [-0.1, -0.05) is 53.5 Å². The molecule has 172 valence electrons. The molecule has 10 heteroatoms. The first-order chi connectivity index (χ1) is 15.3. The van der Waals surface area contributed by atoms with Gasteiger partial charge in [-0.05, 0) is 43.0 Å². The third-order valence-corrected chi connectivity index (χ3v) is 4.82. The number of hydrogen-bond donors (Lipinski definition) is 3. The average Bonchev–Trinajstić information content (AvgIpc) is 2.76. The molecule has 0 saturated heterocycles. The van der Waals surface area contributed by atoms with E-state index in [9.17, 15) is 19.5 Å². The van der Waals surface area contributed by atoms with Crippen LogP contribution in [0.25, 0.3) is 0 Å². The molecule has 0 aliphatic carbocycles. The van der Waals surface area contributed by atoms with E-state index in [1.54, 1.807) is 6.07 Å². The number of carboxylic acid groups (broad SMARTS) is 1. The van der Waals surface area contributed by atoms with E-state index in [1.807, 2.05) is 30.3 Å². The molecule has 0 spiro atoms. The lowest BCUT2D eigenvalue weighted by atomic mass is 10.1. The number of alkyl carbamates (subject to hydrolysis) is 1. The molecule has 2 rings (SSSR count). The molecular weight excluding hydrogens is 459 g/mol. The number of carboxylic acids is 1. The summed E-state index contributed by atoms with van der Waals surface area (Å²) in [6, 6.07) is 12.8. The van der Waals surface area contributed by atoms with Gasteiger partial charge in [-0.2, -0.15) is 0 Å². The predicted octanol–water partition coefficient (Wildman–Crippen LogP) is 4.04. The Morgan fingerprint density at radius 2 is 1.78 bits per heavy atom. The monoisotopic (exact) mass is 482 g/mol. The summed E-state index contributed by atoms with van der Waals surface area (Å²) in [4.78, 5) is 35.1. The molecule has 0 aliphatic rings. The molecule has 1 atom stereocenters. The minimum atomic E-state index is -1.15. The van der Waals surface area contributed by atoms with Gasteiger partial charge in [0, 0.05) is 11.6 Å². The highest BCUT2D eigenvalue weighted by Crippen LogP contribution is 2.27. The summed E-state index contributed by atoms with van der Waals surface area (Å²) in [5, 5.41) is 15.0. The summed E-state index contributed by atoms with van der Waals surface area (Å²) in [6.45, 7) is 0.106. The van der Waals surface area contributed by atoms with Gasteiger partial charge in [0.05, 0.1) is 5.02 Å². The van der Waals surface area contributed by atoms with Crippen LogP contribution in [-0.4, -0.2) is 42.3 Å².